The van der Waals surface area contributed by atoms with E-state index in [2.05, 4.69) is 10.4 Å². The molecule has 25 heavy (non-hydrogen) atoms. The Labute approximate surface area is 142 Å². The average molecular weight is 345 g/mol. The molecule has 7 nitrogen and oxygen atoms in total. The maximum atomic E-state index is 13.1. The molecule has 2 aromatic rings. The largest absolute Gasteiger partial charge is 0.481 e. The summed E-state index contributed by atoms with van der Waals surface area (Å²) in [6.45, 7) is 0.0544. The number of halogens is 1. The van der Waals surface area contributed by atoms with E-state index in [4.69, 9.17) is 4.74 Å². The van der Waals surface area contributed by atoms with Crippen LogP contribution in [-0.4, -0.2) is 39.0 Å². The lowest BCUT2D eigenvalue weighted by molar-refractivity contribution is -0.156. The summed E-state index contributed by atoms with van der Waals surface area (Å²) in [6.07, 6.45) is 0.359. The zero-order valence-corrected chi connectivity index (χ0v) is 13.5. The van der Waals surface area contributed by atoms with Crippen LogP contribution in [0.15, 0.2) is 30.3 Å². The fourth-order valence-corrected chi connectivity index (χ4v) is 3.61. The summed E-state index contributed by atoms with van der Waals surface area (Å²) in [5, 5.41) is 16.2. The molecule has 130 valence electrons. The molecule has 2 saturated heterocycles. The zero-order valence-electron chi connectivity index (χ0n) is 13.5. The average Bonchev–Trinajstić information content (AvgIpc) is 3.20. The van der Waals surface area contributed by atoms with Crippen molar-refractivity contribution in [1.29, 1.82) is 0 Å². The van der Waals surface area contributed by atoms with Crippen molar-refractivity contribution in [1.82, 2.24) is 9.78 Å². The summed E-state index contributed by atoms with van der Waals surface area (Å²) in [5.41, 5.74) is -0.526. The third-order valence-electron chi connectivity index (χ3n) is 5.00. The third kappa shape index (κ3) is 2.32. The van der Waals surface area contributed by atoms with Gasteiger partial charge in [-0.2, -0.15) is 5.10 Å². The molecule has 2 aliphatic heterocycles. The number of nitrogens with zero attached hydrogens (tertiary/aromatic N) is 2. The molecule has 8 heteroatoms. The van der Waals surface area contributed by atoms with Crippen LogP contribution in [0.4, 0.5) is 10.2 Å². The predicted molar refractivity (Wildman–Crippen MR) is 85.2 cm³/mol. The van der Waals surface area contributed by atoms with E-state index in [1.807, 2.05) is 0 Å². The Bertz CT molecular complexity index is 869. The van der Waals surface area contributed by atoms with E-state index in [0.29, 0.717) is 11.5 Å². The number of carbonyl (C=O) groups is 2. The number of aryl methyl sites for hydroxylation is 1. The summed E-state index contributed by atoms with van der Waals surface area (Å²) in [5.74, 6) is -1.30. The lowest BCUT2D eigenvalue weighted by Crippen LogP contribution is -2.55. The molecule has 1 aromatic heterocycles. The molecule has 0 spiro atoms. The summed E-state index contributed by atoms with van der Waals surface area (Å²) in [4.78, 5) is 23.8. The SMILES string of the molecule is Cn1nc(NC(=O)C23CC(C(=O)O)(CO2)C3)cc1-c1ccc(F)cc1. The van der Waals surface area contributed by atoms with E-state index >= 15 is 0 Å². The van der Waals surface area contributed by atoms with Gasteiger partial charge in [-0.05, 0) is 24.3 Å². The standard InChI is InChI=1S/C17H16FN3O4/c1-21-12(10-2-4-11(18)5-3-10)6-13(20-21)19-14(22)17-7-16(8-17,9-25-17)15(23)24/h2-6H,7-9H2,1H3,(H,23,24)(H,19,20,22). The number of aliphatic carboxylic acids is 1. The number of aromatic nitrogens is 2. The number of amides is 1. The molecule has 3 heterocycles. The molecule has 2 N–H and O–H groups in total. The lowest BCUT2D eigenvalue weighted by atomic mass is 9.62. The third-order valence-corrected chi connectivity index (χ3v) is 5.00. The highest BCUT2D eigenvalue weighted by atomic mass is 19.1. The van der Waals surface area contributed by atoms with Crippen LogP contribution in [0.2, 0.25) is 0 Å². The Morgan fingerprint density at radius 1 is 1.32 bits per heavy atom. The molecule has 0 radical (unpaired) electrons. The molecule has 1 aromatic carbocycles. The van der Waals surface area contributed by atoms with E-state index in [1.54, 1.807) is 29.9 Å². The number of ether oxygens (including phenoxy) is 1. The molecule has 2 bridgehead atoms. The van der Waals surface area contributed by atoms with Crippen molar-refractivity contribution in [2.45, 2.75) is 18.4 Å². The molecule has 3 aliphatic rings. The summed E-state index contributed by atoms with van der Waals surface area (Å²) in [6, 6.07) is 7.64. The van der Waals surface area contributed by atoms with E-state index < -0.39 is 17.0 Å². The maximum absolute atomic E-state index is 13.1. The maximum Gasteiger partial charge on any atom is 0.312 e. The number of rotatable bonds is 4. The van der Waals surface area contributed by atoms with Gasteiger partial charge in [-0.3, -0.25) is 14.3 Å². The van der Waals surface area contributed by atoms with Gasteiger partial charge < -0.3 is 15.2 Å². The van der Waals surface area contributed by atoms with Crippen molar-refractivity contribution < 1.29 is 23.8 Å². The van der Waals surface area contributed by atoms with Crippen LogP contribution < -0.4 is 5.32 Å². The first-order valence-corrected chi connectivity index (χ1v) is 7.82. The van der Waals surface area contributed by atoms with Crippen molar-refractivity contribution in [3.63, 3.8) is 0 Å². The summed E-state index contributed by atoms with van der Waals surface area (Å²) >= 11 is 0. The van der Waals surface area contributed by atoms with Gasteiger partial charge in [-0.15, -0.1) is 0 Å². The van der Waals surface area contributed by atoms with Crippen LogP contribution in [0, 0.1) is 11.2 Å². The van der Waals surface area contributed by atoms with Crippen LogP contribution in [0.1, 0.15) is 12.8 Å². The second kappa shape index (κ2) is 5.13. The minimum atomic E-state index is -1.08. The van der Waals surface area contributed by atoms with Crippen LogP contribution >= 0.6 is 0 Å². The van der Waals surface area contributed by atoms with Gasteiger partial charge in [-0.25, -0.2) is 4.39 Å². The number of carboxylic acid groups (broad SMARTS) is 1. The summed E-state index contributed by atoms with van der Waals surface area (Å²) < 4.78 is 20.1. The van der Waals surface area contributed by atoms with Gasteiger partial charge in [-0.1, -0.05) is 0 Å². The van der Waals surface area contributed by atoms with Gasteiger partial charge in [0.1, 0.15) is 11.4 Å². The number of carbonyl (C=O) groups excluding carboxylic acids is 1. The second-order valence-electron chi connectivity index (χ2n) is 6.72. The van der Waals surface area contributed by atoms with Crippen LogP contribution in [0.3, 0.4) is 0 Å². The Morgan fingerprint density at radius 3 is 2.60 bits per heavy atom. The zero-order chi connectivity index (χ0) is 17.8. The summed E-state index contributed by atoms with van der Waals surface area (Å²) in [7, 11) is 1.72. The topological polar surface area (TPSA) is 93.5 Å². The van der Waals surface area contributed by atoms with Gasteiger partial charge in [0.05, 0.1) is 17.7 Å². The molecule has 1 saturated carbocycles. The van der Waals surface area contributed by atoms with Crippen molar-refractivity contribution in [2.24, 2.45) is 12.5 Å². The van der Waals surface area contributed by atoms with Crippen LogP contribution in [0.25, 0.3) is 11.3 Å². The second-order valence-corrected chi connectivity index (χ2v) is 6.72. The highest BCUT2D eigenvalue weighted by molar-refractivity contribution is 6.00. The molecule has 0 unspecified atom stereocenters. The first-order valence-electron chi connectivity index (χ1n) is 7.82. The molecule has 0 atom stereocenters. The van der Waals surface area contributed by atoms with Gasteiger partial charge in [0.2, 0.25) is 0 Å². The van der Waals surface area contributed by atoms with Gasteiger partial charge in [0.15, 0.2) is 5.82 Å². The van der Waals surface area contributed by atoms with Crippen LogP contribution in [0.5, 0.6) is 0 Å². The van der Waals surface area contributed by atoms with E-state index in [9.17, 15) is 19.1 Å². The quantitative estimate of drug-likeness (QED) is 0.881. The first-order chi connectivity index (χ1) is 11.8. The molecule has 1 aliphatic carbocycles. The molecular formula is C17H16FN3O4. The number of benzene rings is 1. The molecule has 3 fully saturated rings. The van der Waals surface area contributed by atoms with Crippen molar-refractivity contribution in [2.75, 3.05) is 11.9 Å². The van der Waals surface area contributed by atoms with E-state index in [-0.39, 0.29) is 31.2 Å². The number of hydrogen-bond acceptors (Lipinski definition) is 4. The normalized spacial score (nSPS) is 27.0. The highest BCUT2D eigenvalue weighted by Crippen LogP contribution is 2.58. The Morgan fingerprint density at radius 2 is 2.00 bits per heavy atom. The van der Waals surface area contributed by atoms with E-state index in [0.717, 1.165) is 5.56 Å². The van der Waals surface area contributed by atoms with Crippen molar-refractivity contribution in [3.05, 3.63) is 36.1 Å². The van der Waals surface area contributed by atoms with Crippen molar-refractivity contribution >= 4 is 17.7 Å². The number of carboxylic acids is 1. The Balaban J connectivity index is 1.51. The molecule has 1 amide bonds. The fourth-order valence-electron chi connectivity index (χ4n) is 3.61. The smallest absolute Gasteiger partial charge is 0.312 e. The number of fused-ring (bicyclic) bond motifs is 1. The molecule has 5 rings (SSSR count). The number of hydrogen-bond donors (Lipinski definition) is 2. The number of anilines is 1. The first kappa shape index (κ1) is 15.8. The number of nitrogens with one attached hydrogen (secondary N) is 1. The van der Waals surface area contributed by atoms with Gasteiger partial charge in [0, 0.05) is 31.5 Å². The predicted octanol–water partition coefficient (Wildman–Crippen LogP) is 1.80. The lowest BCUT2D eigenvalue weighted by Gasteiger charge is -2.39. The highest BCUT2D eigenvalue weighted by Gasteiger charge is 2.70. The Kier molecular flexibility index (Phi) is 3.23. The van der Waals surface area contributed by atoms with E-state index in [1.165, 1.54) is 12.1 Å². The molecular weight excluding hydrogens is 329 g/mol. The Hall–Kier alpha value is -2.74. The fraction of sp³-hybridized carbons (Fsp3) is 0.353. The minimum absolute atomic E-state index is 0.0544. The minimum Gasteiger partial charge on any atom is -0.481 e. The van der Waals surface area contributed by atoms with Gasteiger partial charge in [0.25, 0.3) is 5.91 Å². The van der Waals surface area contributed by atoms with Gasteiger partial charge >= 0.3 is 5.97 Å². The van der Waals surface area contributed by atoms with Crippen molar-refractivity contribution in [3.8, 4) is 11.3 Å². The van der Waals surface area contributed by atoms with Crippen LogP contribution in [-0.2, 0) is 21.4 Å². The monoisotopic (exact) mass is 345 g/mol.